The fraction of sp³-hybridized carbons (Fsp3) is 0.111. The Morgan fingerprint density at radius 3 is 2.56 bits per heavy atom. The van der Waals surface area contributed by atoms with E-state index in [4.69, 9.17) is 37.3 Å². The van der Waals surface area contributed by atoms with Crippen molar-refractivity contribution in [2.45, 2.75) is 0 Å². The van der Waals surface area contributed by atoms with Crippen molar-refractivity contribution in [1.29, 1.82) is 5.41 Å². The van der Waals surface area contributed by atoms with Crippen molar-refractivity contribution in [2.75, 3.05) is 14.2 Å². The second-order valence-electron chi connectivity index (χ2n) is 5.30. The molecule has 3 rings (SSSR count). The summed E-state index contributed by atoms with van der Waals surface area (Å²) < 4.78 is 30.4. The van der Waals surface area contributed by atoms with E-state index in [1.807, 2.05) is 0 Å². The highest BCUT2D eigenvalue weighted by Crippen LogP contribution is 2.35. The van der Waals surface area contributed by atoms with Crippen LogP contribution in [0.2, 0.25) is 0 Å². The van der Waals surface area contributed by atoms with Crippen LogP contribution < -0.4 is 20.8 Å². The molecule has 1 heterocycles. The van der Waals surface area contributed by atoms with Crippen LogP contribution >= 0.6 is 12.2 Å². The molecule has 0 saturated carbocycles. The summed E-state index contributed by atoms with van der Waals surface area (Å²) in [6.45, 7) is 0. The summed E-state index contributed by atoms with van der Waals surface area (Å²) in [6, 6.07) is 9.84. The van der Waals surface area contributed by atoms with Crippen molar-refractivity contribution in [3.8, 4) is 22.6 Å². The molecule has 0 bridgehead atoms. The van der Waals surface area contributed by atoms with Gasteiger partial charge in [-0.25, -0.2) is 4.39 Å². The maximum Gasteiger partial charge on any atom is 0.222 e. The fourth-order valence-corrected chi connectivity index (χ4v) is 2.74. The number of hydrogen-bond acceptors (Lipinski definition) is 5. The van der Waals surface area contributed by atoms with Crippen LogP contribution in [-0.2, 0) is 0 Å². The molecule has 0 unspecified atom stereocenters. The first-order valence-corrected chi connectivity index (χ1v) is 7.69. The van der Waals surface area contributed by atoms with E-state index in [0.717, 1.165) is 0 Å². The Hall–Kier alpha value is -2.93. The molecule has 0 aliphatic heterocycles. The maximum absolute atomic E-state index is 14.6. The van der Waals surface area contributed by atoms with E-state index >= 15 is 0 Å². The molecule has 0 fully saturated rings. The highest BCUT2D eigenvalue weighted by atomic mass is 32.1. The Bertz CT molecular complexity index is 1050. The second kappa shape index (κ2) is 6.52. The lowest BCUT2D eigenvalue weighted by atomic mass is 10.0. The minimum absolute atomic E-state index is 0.0143. The molecule has 5 nitrogen and oxygen atoms in total. The summed E-state index contributed by atoms with van der Waals surface area (Å²) in [5.74, 6) is 0.592. The molecular formula is C18H15FN2O3S. The Morgan fingerprint density at radius 1 is 1.16 bits per heavy atom. The third kappa shape index (κ3) is 3.06. The molecule has 0 spiro atoms. The van der Waals surface area contributed by atoms with E-state index in [9.17, 15) is 4.39 Å². The van der Waals surface area contributed by atoms with Crippen molar-refractivity contribution < 1.29 is 18.3 Å². The van der Waals surface area contributed by atoms with E-state index < -0.39 is 5.82 Å². The molecule has 0 radical (unpaired) electrons. The van der Waals surface area contributed by atoms with Gasteiger partial charge in [0.1, 0.15) is 16.5 Å². The zero-order valence-corrected chi connectivity index (χ0v) is 14.4. The quantitative estimate of drug-likeness (QED) is 0.699. The number of thiocarbonyl (C=S) groups is 1. The highest BCUT2D eigenvalue weighted by Gasteiger charge is 2.14. The number of ether oxygens (including phenoxy) is 2. The number of hydrogen-bond donors (Lipinski definition) is 2. The minimum Gasteiger partial charge on any atom is -0.497 e. The molecule has 0 saturated heterocycles. The lowest BCUT2D eigenvalue weighted by Gasteiger charge is -2.12. The predicted molar refractivity (Wildman–Crippen MR) is 96.5 cm³/mol. The van der Waals surface area contributed by atoms with Crippen LogP contribution in [0.15, 0.2) is 40.8 Å². The van der Waals surface area contributed by atoms with Gasteiger partial charge in [-0.3, -0.25) is 5.41 Å². The van der Waals surface area contributed by atoms with Gasteiger partial charge in [-0.15, -0.1) is 0 Å². The molecule has 0 atom stereocenters. The van der Waals surface area contributed by atoms with Gasteiger partial charge < -0.3 is 19.6 Å². The van der Waals surface area contributed by atoms with Crippen molar-refractivity contribution >= 4 is 28.2 Å². The number of nitrogens with two attached hydrogens (primary N) is 1. The fourth-order valence-electron chi connectivity index (χ4n) is 2.59. The van der Waals surface area contributed by atoms with Crippen molar-refractivity contribution in [1.82, 2.24) is 0 Å². The summed E-state index contributed by atoms with van der Waals surface area (Å²) in [7, 11) is 3.09. The zero-order chi connectivity index (χ0) is 18.1. The van der Waals surface area contributed by atoms with Gasteiger partial charge in [0, 0.05) is 10.9 Å². The van der Waals surface area contributed by atoms with Crippen molar-refractivity contribution in [2.24, 2.45) is 5.73 Å². The lowest BCUT2D eigenvalue weighted by Crippen LogP contribution is -2.19. The van der Waals surface area contributed by atoms with Gasteiger partial charge in [-0.2, -0.15) is 0 Å². The number of methoxy groups -OCH3 is 2. The first-order valence-electron chi connectivity index (χ1n) is 7.28. The van der Waals surface area contributed by atoms with Gasteiger partial charge in [-0.1, -0.05) is 12.2 Å². The smallest absolute Gasteiger partial charge is 0.222 e. The molecule has 128 valence electrons. The monoisotopic (exact) mass is 358 g/mol. The van der Waals surface area contributed by atoms with Gasteiger partial charge in [0.2, 0.25) is 5.55 Å². The number of benzene rings is 2. The maximum atomic E-state index is 14.6. The average Bonchev–Trinajstić information content (AvgIpc) is 2.60. The van der Waals surface area contributed by atoms with Crippen LogP contribution in [0.3, 0.4) is 0 Å². The van der Waals surface area contributed by atoms with E-state index in [-0.39, 0.29) is 21.7 Å². The third-order valence-electron chi connectivity index (χ3n) is 3.80. The van der Waals surface area contributed by atoms with Gasteiger partial charge in [0.25, 0.3) is 0 Å². The molecule has 0 aliphatic rings. The Balaban J connectivity index is 2.30. The minimum atomic E-state index is -0.597. The van der Waals surface area contributed by atoms with Crippen LogP contribution in [0.1, 0.15) is 5.56 Å². The first-order chi connectivity index (χ1) is 11.9. The number of halogens is 1. The summed E-state index contributed by atoms with van der Waals surface area (Å²) in [5, 5.41) is 8.22. The summed E-state index contributed by atoms with van der Waals surface area (Å²) in [6.07, 6.45) is 0. The average molecular weight is 358 g/mol. The molecule has 0 amide bonds. The lowest BCUT2D eigenvalue weighted by molar-refractivity contribution is 0.404. The van der Waals surface area contributed by atoms with Crippen molar-refractivity contribution in [3.63, 3.8) is 0 Å². The third-order valence-corrected chi connectivity index (χ3v) is 4.02. The van der Waals surface area contributed by atoms with E-state index in [1.165, 1.54) is 13.2 Å². The normalized spacial score (nSPS) is 10.7. The molecule has 3 aromatic rings. The number of fused-ring (bicyclic) bond motifs is 1. The summed E-state index contributed by atoms with van der Waals surface area (Å²) in [5.41, 5.74) is 6.77. The topological polar surface area (TPSA) is 81.5 Å². The molecule has 7 heteroatoms. The molecule has 1 aromatic heterocycles. The van der Waals surface area contributed by atoms with Crippen LogP contribution in [-0.4, -0.2) is 19.2 Å². The predicted octanol–water partition coefficient (Wildman–Crippen LogP) is 3.37. The van der Waals surface area contributed by atoms with Crippen LogP contribution in [0, 0.1) is 11.2 Å². The molecule has 2 aromatic carbocycles. The summed E-state index contributed by atoms with van der Waals surface area (Å²) >= 11 is 4.91. The largest absolute Gasteiger partial charge is 0.497 e. The van der Waals surface area contributed by atoms with Gasteiger partial charge in [0.05, 0.1) is 19.8 Å². The SMILES string of the molecule is COc1ccc(OC)c(-c2cc(F)c3oc(=N)c(C(N)=S)cc3c2)c1. The molecule has 0 aliphatic carbocycles. The first kappa shape index (κ1) is 16.9. The van der Waals surface area contributed by atoms with Gasteiger partial charge >= 0.3 is 0 Å². The standard InChI is InChI=1S/C18H15FN2O3S/c1-22-11-3-4-15(23-2)12(8-11)9-5-10-6-13(18(21)25)17(20)24-16(10)14(19)7-9/h3-8,20H,1-2H3,(H2,21,25). The van der Waals surface area contributed by atoms with Crippen molar-refractivity contribution in [3.05, 3.63) is 53.3 Å². The number of rotatable bonds is 4. The molecule has 25 heavy (non-hydrogen) atoms. The van der Waals surface area contributed by atoms with E-state index in [1.54, 1.807) is 37.4 Å². The van der Waals surface area contributed by atoms with Gasteiger partial charge in [-0.05, 0) is 42.0 Å². The van der Waals surface area contributed by atoms with Crippen LogP contribution in [0.5, 0.6) is 11.5 Å². The zero-order valence-electron chi connectivity index (χ0n) is 13.6. The molecular weight excluding hydrogens is 343 g/mol. The van der Waals surface area contributed by atoms with Crippen LogP contribution in [0.4, 0.5) is 4.39 Å². The van der Waals surface area contributed by atoms with E-state index in [2.05, 4.69) is 0 Å². The Morgan fingerprint density at radius 2 is 1.92 bits per heavy atom. The van der Waals surface area contributed by atoms with Crippen LogP contribution in [0.25, 0.3) is 22.1 Å². The Kier molecular flexibility index (Phi) is 4.41. The van der Waals surface area contributed by atoms with Gasteiger partial charge in [0.15, 0.2) is 11.4 Å². The Labute approximate surface area is 148 Å². The summed E-state index contributed by atoms with van der Waals surface area (Å²) in [4.78, 5) is 0.0143. The number of nitrogens with one attached hydrogen (secondary N) is 1. The second-order valence-corrected chi connectivity index (χ2v) is 5.74. The highest BCUT2D eigenvalue weighted by molar-refractivity contribution is 7.80. The van der Waals surface area contributed by atoms with E-state index in [0.29, 0.717) is 28.0 Å². The molecule has 3 N–H and O–H groups in total.